The number of aliphatic carboxylic acids is 1. The average Bonchev–Trinajstić information content (AvgIpc) is 2.39. The number of halogens is 1. The molecule has 0 unspecified atom stereocenters. The van der Waals surface area contributed by atoms with Gasteiger partial charge >= 0.3 is 5.97 Å². The van der Waals surface area contributed by atoms with Crippen molar-refractivity contribution in [1.29, 1.82) is 0 Å². The van der Waals surface area contributed by atoms with Crippen LogP contribution in [0.3, 0.4) is 0 Å². The van der Waals surface area contributed by atoms with Crippen LogP contribution in [0.5, 0.6) is 5.75 Å². The van der Waals surface area contributed by atoms with Crippen LogP contribution in [-0.4, -0.2) is 17.7 Å². The van der Waals surface area contributed by atoms with Crippen molar-refractivity contribution >= 4 is 21.9 Å². The van der Waals surface area contributed by atoms with Gasteiger partial charge in [-0.2, -0.15) is 0 Å². The highest BCUT2D eigenvalue weighted by molar-refractivity contribution is 9.10. The largest absolute Gasteiger partial charge is 0.491 e. The summed E-state index contributed by atoms with van der Waals surface area (Å²) < 4.78 is 6.58. The maximum Gasteiger partial charge on any atom is 0.313 e. The molecule has 1 N–H and O–H groups in total. The van der Waals surface area contributed by atoms with Crippen molar-refractivity contribution in [3.8, 4) is 5.75 Å². The fraction of sp³-hybridized carbons (Fsp3) is 0.500. The van der Waals surface area contributed by atoms with E-state index in [2.05, 4.69) is 15.9 Å². The molecule has 0 saturated heterocycles. The quantitative estimate of drug-likeness (QED) is 0.918. The maximum atomic E-state index is 11.5. The van der Waals surface area contributed by atoms with Crippen molar-refractivity contribution in [2.45, 2.75) is 32.1 Å². The van der Waals surface area contributed by atoms with E-state index < -0.39 is 11.4 Å². The molecule has 1 saturated carbocycles. The second kappa shape index (κ2) is 5.74. The molecule has 1 aromatic carbocycles. The molecule has 0 aliphatic heterocycles. The van der Waals surface area contributed by atoms with Gasteiger partial charge in [-0.15, -0.1) is 0 Å². The predicted octanol–water partition coefficient (Wildman–Crippen LogP) is 3.86. The van der Waals surface area contributed by atoms with Crippen molar-refractivity contribution in [3.05, 3.63) is 28.7 Å². The van der Waals surface area contributed by atoms with Crippen LogP contribution in [0.2, 0.25) is 0 Å². The first-order valence-corrected chi connectivity index (χ1v) is 7.04. The molecule has 0 bridgehead atoms. The minimum Gasteiger partial charge on any atom is -0.491 e. The lowest BCUT2D eigenvalue weighted by Crippen LogP contribution is -2.39. The van der Waals surface area contributed by atoms with E-state index in [1.54, 1.807) is 0 Å². The van der Waals surface area contributed by atoms with Crippen molar-refractivity contribution in [1.82, 2.24) is 0 Å². The lowest BCUT2D eigenvalue weighted by Gasteiger charge is -2.32. The molecule has 1 fully saturated rings. The number of para-hydroxylation sites is 1. The van der Waals surface area contributed by atoms with Crippen LogP contribution in [0.4, 0.5) is 0 Å². The van der Waals surface area contributed by atoms with Crippen LogP contribution in [-0.2, 0) is 4.79 Å². The van der Waals surface area contributed by atoms with Gasteiger partial charge in [0.05, 0.1) is 4.47 Å². The summed E-state index contributed by atoms with van der Waals surface area (Å²) in [5, 5.41) is 9.44. The normalized spacial score (nSPS) is 18.3. The Morgan fingerprint density at radius 2 is 1.94 bits per heavy atom. The molecule has 1 aliphatic rings. The summed E-state index contributed by atoms with van der Waals surface area (Å²) in [6.07, 6.45) is 4.51. The minimum atomic E-state index is -0.728. The van der Waals surface area contributed by atoms with Crippen LogP contribution < -0.4 is 4.74 Å². The molecule has 0 heterocycles. The first kappa shape index (κ1) is 13.4. The molecular weight excluding hydrogens is 296 g/mol. The van der Waals surface area contributed by atoms with Crippen molar-refractivity contribution in [2.75, 3.05) is 6.61 Å². The summed E-state index contributed by atoms with van der Waals surface area (Å²) in [6, 6.07) is 7.53. The summed E-state index contributed by atoms with van der Waals surface area (Å²) >= 11 is 3.40. The van der Waals surface area contributed by atoms with E-state index in [0.29, 0.717) is 18.6 Å². The summed E-state index contributed by atoms with van der Waals surface area (Å²) in [5.41, 5.74) is -0.701. The van der Waals surface area contributed by atoms with Gasteiger partial charge in [0, 0.05) is 0 Å². The van der Waals surface area contributed by atoms with Crippen LogP contribution in [0.25, 0.3) is 0 Å². The number of rotatable bonds is 4. The number of ether oxygens (including phenoxy) is 1. The molecule has 4 heteroatoms. The van der Waals surface area contributed by atoms with Crippen LogP contribution in [0.15, 0.2) is 28.7 Å². The zero-order valence-electron chi connectivity index (χ0n) is 10.2. The number of hydrogen-bond donors (Lipinski definition) is 1. The number of carboxylic acids is 1. The van der Waals surface area contributed by atoms with Gasteiger partial charge in [0.1, 0.15) is 17.8 Å². The molecule has 2 rings (SSSR count). The minimum absolute atomic E-state index is 0.255. The van der Waals surface area contributed by atoms with Gasteiger partial charge in [-0.25, -0.2) is 0 Å². The molecule has 0 spiro atoms. The lowest BCUT2D eigenvalue weighted by atomic mass is 9.75. The van der Waals surface area contributed by atoms with Gasteiger partial charge < -0.3 is 9.84 Å². The molecule has 0 amide bonds. The molecule has 1 aromatic rings. The van der Waals surface area contributed by atoms with Crippen LogP contribution >= 0.6 is 15.9 Å². The third-order valence-corrected chi connectivity index (χ3v) is 4.26. The van der Waals surface area contributed by atoms with E-state index in [9.17, 15) is 9.90 Å². The monoisotopic (exact) mass is 312 g/mol. The molecule has 18 heavy (non-hydrogen) atoms. The number of benzene rings is 1. The van der Waals surface area contributed by atoms with Crippen molar-refractivity contribution < 1.29 is 14.6 Å². The summed E-state index contributed by atoms with van der Waals surface area (Å²) in [5.74, 6) is -0.0158. The second-order valence-electron chi connectivity index (χ2n) is 4.87. The van der Waals surface area contributed by atoms with Gasteiger partial charge in [-0.1, -0.05) is 31.4 Å². The highest BCUT2D eigenvalue weighted by atomic mass is 79.9. The van der Waals surface area contributed by atoms with Crippen molar-refractivity contribution in [3.63, 3.8) is 0 Å². The third kappa shape index (κ3) is 2.86. The van der Waals surface area contributed by atoms with Crippen LogP contribution in [0.1, 0.15) is 32.1 Å². The van der Waals surface area contributed by atoms with Gasteiger partial charge in [-0.05, 0) is 40.9 Å². The topological polar surface area (TPSA) is 46.5 Å². The van der Waals surface area contributed by atoms with E-state index in [1.807, 2.05) is 24.3 Å². The van der Waals surface area contributed by atoms with E-state index in [1.165, 1.54) is 0 Å². The summed E-state index contributed by atoms with van der Waals surface area (Å²) in [6.45, 7) is 0.255. The zero-order chi connectivity index (χ0) is 13.0. The Balaban J connectivity index is 2.06. The molecule has 1 aliphatic carbocycles. The lowest BCUT2D eigenvalue weighted by molar-refractivity contribution is -0.153. The van der Waals surface area contributed by atoms with E-state index in [4.69, 9.17) is 4.74 Å². The molecule has 3 nitrogen and oxygen atoms in total. The third-order valence-electron chi connectivity index (χ3n) is 3.60. The first-order chi connectivity index (χ1) is 8.64. The fourth-order valence-corrected chi connectivity index (χ4v) is 2.83. The number of hydrogen-bond acceptors (Lipinski definition) is 2. The average molecular weight is 313 g/mol. The Labute approximate surface area is 115 Å². The standard InChI is InChI=1S/C14H17BrO3/c15-11-6-2-3-7-12(11)18-10-14(13(16)17)8-4-1-5-9-14/h2-3,6-7H,1,4-5,8-10H2,(H,16,17). The highest BCUT2D eigenvalue weighted by Gasteiger charge is 2.40. The van der Waals surface area contributed by atoms with E-state index >= 15 is 0 Å². The van der Waals surface area contributed by atoms with Crippen LogP contribution in [0, 0.1) is 5.41 Å². The first-order valence-electron chi connectivity index (χ1n) is 6.25. The van der Waals surface area contributed by atoms with Gasteiger partial charge in [0.2, 0.25) is 0 Å². The van der Waals surface area contributed by atoms with Gasteiger partial charge in [0.25, 0.3) is 0 Å². The molecule has 0 radical (unpaired) electrons. The Hall–Kier alpha value is -1.03. The van der Waals surface area contributed by atoms with Gasteiger partial charge in [-0.3, -0.25) is 4.79 Å². The Bertz CT molecular complexity index is 425. The molecule has 98 valence electrons. The Morgan fingerprint density at radius 3 is 2.56 bits per heavy atom. The smallest absolute Gasteiger partial charge is 0.313 e. The number of carboxylic acid groups (broad SMARTS) is 1. The molecular formula is C14H17BrO3. The van der Waals surface area contributed by atoms with E-state index in [0.717, 1.165) is 23.7 Å². The molecule has 0 atom stereocenters. The summed E-state index contributed by atoms with van der Waals surface area (Å²) in [7, 11) is 0. The highest BCUT2D eigenvalue weighted by Crippen LogP contribution is 2.37. The Kier molecular flexibility index (Phi) is 4.27. The maximum absolute atomic E-state index is 11.5. The summed E-state index contributed by atoms with van der Waals surface area (Å²) in [4.78, 5) is 11.5. The molecule has 0 aromatic heterocycles. The number of carbonyl (C=O) groups is 1. The van der Waals surface area contributed by atoms with E-state index in [-0.39, 0.29) is 6.61 Å². The fourth-order valence-electron chi connectivity index (χ4n) is 2.43. The zero-order valence-corrected chi connectivity index (χ0v) is 11.8. The Morgan fingerprint density at radius 1 is 1.28 bits per heavy atom. The SMILES string of the molecule is O=C(O)C1(COc2ccccc2Br)CCCCC1. The van der Waals surface area contributed by atoms with Crippen molar-refractivity contribution in [2.24, 2.45) is 5.41 Å². The second-order valence-corrected chi connectivity index (χ2v) is 5.72. The predicted molar refractivity (Wildman–Crippen MR) is 72.8 cm³/mol. The van der Waals surface area contributed by atoms with Gasteiger partial charge in [0.15, 0.2) is 0 Å².